The van der Waals surface area contributed by atoms with Crippen LogP contribution in [-0.4, -0.2) is 24.1 Å². The molecule has 2 atom stereocenters. The summed E-state index contributed by atoms with van der Waals surface area (Å²) in [7, 11) is -6.23. The summed E-state index contributed by atoms with van der Waals surface area (Å²) in [6, 6.07) is 24.9. The first-order chi connectivity index (χ1) is 13.0. The first-order valence-corrected chi connectivity index (χ1v) is 12.0. The number of fused-ring (bicyclic) bond motifs is 1. The monoisotopic (exact) mass is 397 g/mol. The summed E-state index contributed by atoms with van der Waals surface area (Å²) in [6.07, 6.45) is 0. The quantitative estimate of drug-likeness (QED) is 0.655. The second-order valence-corrected chi connectivity index (χ2v) is 10.9. The number of hydrogen-bond donors (Lipinski definition) is 0. The van der Waals surface area contributed by atoms with Crippen LogP contribution in [0.1, 0.15) is 11.5 Å². The molecule has 0 fully saturated rings. The molecular formula is C21H19NO3S2. The van der Waals surface area contributed by atoms with Crippen LogP contribution in [-0.2, 0) is 19.6 Å². The summed E-state index contributed by atoms with van der Waals surface area (Å²) in [5, 5.41) is 0. The normalized spacial score (nSPS) is 21.9. The SMILES string of the molecule is O=S(=O)(C[C@@H]1C[S@](=O)(c2ccccc2)=Nc2ccccc21)c1ccccc1. The number of benzene rings is 3. The molecule has 0 aromatic heterocycles. The molecule has 0 saturated carbocycles. The number of rotatable bonds is 4. The van der Waals surface area contributed by atoms with Gasteiger partial charge in [0.15, 0.2) is 9.84 Å². The molecule has 0 saturated heterocycles. The molecule has 4 rings (SSSR count). The van der Waals surface area contributed by atoms with E-state index in [1.165, 1.54) is 0 Å². The van der Waals surface area contributed by atoms with Crippen LogP contribution in [0.5, 0.6) is 0 Å². The van der Waals surface area contributed by atoms with Gasteiger partial charge in [0.1, 0.15) is 0 Å². The maximum absolute atomic E-state index is 13.6. The molecule has 1 aliphatic rings. The molecular weight excluding hydrogens is 378 g/mol. The Morgan fingerprint density at radius 1 is 0.852 bits per heavy atom. The zero-order valence-electron chi connectivity index (χ0n) is 14.6. The molecule has 0 amide bonds. The van der Waals surface area contributed by atoms with Crippen molar-refractivity contribution in [1.29, 1.82) is 0 Å². The Morgan fingerprint density at radius 3 is 2.15 bits per heavy atom. The van der Waals surface area contributed by atoms with Gasteiger partial charge in [-0.1, -0.05) is 54.6 Å². The van der Waals surface area contributed by atoms with Gasteiger partial charge < -0.3 is 0 Å². The molecule has 0 unspecified atom stereocenters. The van der Waals surface area contributed by atoms with Gasteiger partial charge in [-0.15, -0.1) is 0 Å². The highest BCUT2D eigenvalue weighted by Gasteiger charge is 2.32. The molecule has 0 N–H and O–H groups in total. The molecule has 3 aromatic rings. The van der Waals surface area contributed by atoms with E-state index in [-0.39, 0.29) is 22.3 Å². The van der Waals surface area contributed by atoms with Crippen LogP contribution < -0.4 is 0 Å². The minimum atomic E-state index is -3.50. The zero-order chi connectivity index (χ0) is 18.9. The topological polar surface area (TPSA) is 63.6 Å². The maximum atomic E-state index is 13.6. The standard InChI is InChI=1S/C21H19NO3S2/c23-26(18-9-3-1-4-10-18)15-17(20-13-7-8-14-21(20)22-26)16-27(24,25)19-11-5-2-6-12-19/h1-14,17H,15-16H2/t17-,26-/m0/s1. The van der Waals surface area contributed by atoms with E-state index in [0.29, 0.717) is 10.6 Å². The molecule has 138 valence electrons. The molecule has 0 aliphatic carbocycles. The molecule has 0 bridgehead atoms. The summed E-state index contributed by atoms with van der Waals surface area (Å²) in [5.74, 6) is -0.274. The third kappa shape index (κ3) is 3.55. The number of hydrogen-bond acceptors (Lipinski definition) is 4. The highest BCUT2D eigenvalue weighted by molar-refractivity contribution is 7.94. The lowest BCUT2D eigenvalue weighted by atomic mass is 10.0. The van der Waals surface area contributed by atoms with Gasteiger partial charge >= 0.3 is 0 Å². The Balaban J connectivity index is 1.79. The van der Waals surface area contributed by atoms with Gasteiger partial charge in [0.05, 0.1) is 26.1 Å². The predicted molar refractivity (Wildman–Crippen MR) is 107 cm³/mol. The summed E-state index contributed by atoms with van der Waals surface area (Å²) in [6.45, 7) is 0. The lowest BCUT2D eigenvalue weighted by molar-refractivity contribution is 0.590. The molecule has 0 spiro atoms. The van der Waals surface area contributed by atoms with Crippen LogP contribution in [0.2, 0.25) is 0 Å². The molecule has 4 nitrogen and oxygen atoms in total. The van der Waals surface area contributed by atoms with Crippen LogP contribution in [0.15, 0.2) is 99.1 Å². The van der Waals surface area contributed by atoms with E-state index in [1.54, 1.807) is 48.5 Å². The van der Waals surface area contributed by atoms with E-state index < -0.39 is 19.6 Å². The number of nitrogens with zero attached hydrogens (tertiary/aromatic N) is 1. The van der Waals surface area contributed by atoms with Crippen molar-refractivity contribution in [3.05, 3.63) is 90.5 Å². The van der Waals surface area contributed by atoms with Gasteiger partial charge in [-0.25, -0.2) is 12.6 Å². The van der Waals surface area contributed by atoms with Gasteiger partial charge in [0, 0.05) is 16.6 Å². The van der Waals surface area contributed by atoms with Crippen LogP contribution >= 0.6 is 0 Å². The molecule has 1 aliphatic heterocycles. The zero-order valence-corrected chi connectivity index (χ0v) is 16.2. The minimum absolute atomic E-state index is 0.0899. The Hall–Kier alpha value is -2.44. The van der Waals surface area contributed by atoms with Crippen molar-refractivity contribution in [3.8, 4) is 0 Å². The van der Waals surface area contributed by atoms with Gasteiger partial charge in [-0.3, -0.25) is 0 Å². The van der Waals surface area contributed by atoms with Crippen LogP contribution in [0.4, 0.5) is 5.69 Å². The lowest BCUT2D eigenvalue weighted by Crippen LogP contribution is -2.25. The van der Waals surface area contributed by atoms with Crippen molar-refractivity contribution in [2.45, 2.75) is 15.7 Å². The van der Waals surface area contributed by atoms with E-state index >= 15 is 0 Å². The Bertz CT molecular complexity index is 1180. The Labute approximate surface area is 160 Å². The van der Waals surface area contributed by atoms with E-state index in [1.807, 2.05) is 36.4 Å². The lowest BCUT2D eigenvalue weighted by Gasteiger charge is -2.26. The van der Waals surface area contributed by atoms with E-state index in [0.717, 1.165) is 5.56 Å². The van der Waals surface area contributed by atoms with Crippen molar-refractivity contribution in [2.75, 3.05) is 11.5 Å². The number of sulfone groups is 1. The molecule has 27 heavy (non-hydrogen) atoms. The van der Waals surface area contributed by atoms with Crippen molar-refractivity contribution in [3.63, 3.8) is 0 Å². The van der Waals surface area contributed by atoms with E-state index in [2.05, 4.69) is 4.36 Å². The second kappa shape index (κ2) is 6.94. The molecule has 1 heterocycles. The first-order valence-electron chi connectivity index (χ1n) is 8.65. The van der Waals surface area contributed by atoms with Crippen molar-refractivity contribution < 1.29 is 12.6 Å². The van der Waals surface area contributed by atoms with Gasteiger partial charge in [0.25, 0.3) is 0 Å². The van der Waals surface area contributed by atoms with Gasteiger partial charge in [-0.05, 0) is 35.9 Å². The minimum Gasteiger partial charge on any atom is -0.244 e. The third-order valence-electron chi connectivity index (χ3n) is 4.68. The summed E-state index contributed by atoms with van der Waals surface area (Å²) < 4.78 is 44.0. The van der Waals surface area contributed by atoms with Gasteiger partial charge in [0.2, 0.25) is 0 Å². The van der Waals surface area contributed by atoms with Crippen molar-refractivity contribution in [2.24, 2.45) is 4.36 Å². The van der Waals surface area contributed by atoms with Crippen LogP contribution in [0.25, 0.3) is 0 Å². The average molecular weight is 398 g/mol. The Morgan fingerprint density at radius 2 is 1.44 bits per heavy atom. The average Bonchev–Trinajstić information content (AvgIpc) is 2.69. The van der Waals surface area contributed by atoms with Gasteiger partial charge in [-0.2, -0.15) is 4.36 Å². The van der Waals surface area contributed by atoms with E-state index in [9.17, 15) is 12.6 Å². The molecule has 0 radical (unpaired) electrons. The fourth-order valence-corrected chi connectivity index (χ4v) is 7.41. The second-order valence-electron chi connectivity index (χ2n) is 6.56. The smallest absolute Gasteiger partial charge is 0.179 e. The summed E-state index contributed by atoms with van der Waals surface area (Å²) in [4.78, 5) is 0.929. The van der Waals surface area contributed by atoms with Crippen LogP contribution in [0, 0.1) is 0 Å². The van der Waals surface area contributed by atoms with Crippen molar-refractivity contribution in [1.82, 2.24) is 0 Å². The highest BCUT2D eigenvalue weighted by Crippen LogP contribution is 2.38. The third-order valence-corrected chi connectivity index (χ3v) is 8.87. The fourth-order valence-electron chi connectivity index (χ4n) is 3.38. The largest absolute Gasteiger partial charge is 0.244 e. The van der Waals surface area contributed by atoms with Crippen molar-refractivity contribution >= 4 is 25.3 Å². The van der Waals surface area contributed by atoms with E-state index in [4.69, 9.17) is 0 Å². The summed E-state index contributed by atoms with van der Waals surface area (Å²) in [5.41, 5.74) is 1.46. The fraction of sp³-hybridized carbons (Fsp3) is 0.143. The van der Waals surface area contributed by atoms with Crippen LogP contribution in [0.3, 0.4) is 0 Å². The molecule has 3 aromatic carbocycles. The molecule has 6 heteroatoms. The summed E-state index contributed by atoms with van der Waals surface area (Å²) >= 11 is 0. The first kappa shape index (κ1) is 17.9. The highest BCUT2D eigenvalue weighted by atomic mass is 32.2. The predicted octanol–water partition coefficient (Wildman–Crippen LogP) is 4.42. The maximum Gasteiger partial charge on any atom is 0.179 e. The Kier molecular flexibility index (Phi) is 4.61.